The summed E-state index contributed by atoms with van der Waals surface area (Å²) in [6.07, 6.45) is -0.109. The number of aryl methyl sites for hydroxylation is 2. The number of H-pyrrole nitrogens is 1. The number of aromatic nitrogens is 2. The third-order valence-corrected chi connectivity index (χ3v) is 3.50. The molecule has 1 atom stereocenters. The number of rotatable bonds is 3. The molecule has 0 bridgehead atoms. The predicted octanol–water partition coefficient (Wildman–Crippen LogP) is 4.32. The van der Waals surface area contributed by atoms with Gasteiger partial charge in [0.2, 0.25) is 0 Å². The highest BCUT2D eigenvalue weighted by molar-refractivity contribution is 5.74. The predicted molar refractivity (Wildman–Crippen MR) is 81.1 cm³/mol. The minimum Gasteiger partial charge on any atom is -0.482 e. The molecule has 1 N–H and O–H groups in total. The molecular weight excluding hydrogens is 248 g/mol. The fraction of sp³-hybridized carbons (Fsp3) is 0.235. The van der Waals surface area contributed by atoms with E-state index >= 15 is 0 Å². The molecule has 102 valence electrons. The van der Waals surface area contributed by atoms with E-state index in [-0.39, 0.29) is 6.10 Å². The van der Waals surface area contributed by atoms with Crippen LogP contribution in [0.15, 0.2) is 42.5 Å². The summed E-state index contributed by atoms with van der Waals surface area (Å²) in [5, 5.41) is 0. The van der Waals surface area contributed by atoms with Crippen LogP contribution in [0.25, 0.3) is 11.0 Å². The molecule has 0 amide bonds. The minimum atomic E-state index is -0.109. The average Bonchev–Trinajstić information content (AvgIpc) is 2.87. The van der Waals surface area contributed by atoms with Crippen LogP contribution in [0, 0.1) is 13.8 Å². The highest BCUT2D eigenvalue weighted by Gasteiger charge is 2.14. The number of fused-ring (bicyclic) bond motifs is 1. The molecule has 0 fully saturated rings. The molecule has 20 heavy (non-hydrogen) atoms. The van der Waals surface area contributed by atoms with Gasteiger partial charge in [0.15, 0.2) is 6.10 Å². The fourth-order valence-corrected chi connectivity index (χ4v) is 2.38. The number of hydrogen-bond donors (Lipinski definition) is 1. The lowest BCUT2D eigenvalue weighted by atomic mass is 10.1. The van der Waals surface area contributed by atoms with Crippen molar-refractivity contribution in [2.45, 2.75) is 26.9 Å². The third kappa shape index (κ3) is 2.27. The molecule has 0 aliphatic rings. The number of ether oxygens (including phenoxy) is 1. The molecule has 0 aliphatic carbocycles. The molecule has 2 aromatic carbocycles. The van der Waals surface area contributed by atoms with Crippen molar-refractivity contribution in [1.29, 1.82) is 0 Å². The quantitative estimate of drug-likeness (QED) is 0.766. The molecule has 0 spiro atoms. The summed E-state index contributed by atoms with van der Waals surface area (Å²) >= 11 is 0. The van der Waals surface area contributed by atoms with Gasteiger partial charge in [-0.3, -0.25) is 0 Å². The standard InChI is InChI=1S/C17H18N2O/c1-11-7-6-8-12(2)16(11)20-13(3)17-18-14-9-4-5-10-15(14)19-17/h4-10,13H,1-3H3,(H,18,19). The van der Waals surface area contributed by atoms with Crippen LogP contribution in [0.2, 0.25) is 0 Å². The average molecular weight is 266 g/mol. The zero-order valence-corrected chi connectivity index (χ0v) is 12.0. The Kier molecular flexibility index (Phi) is 3.18. The maximum absolute atomic E-state index is 6.10. The number of nitrogens with zero attached hydrogens (tertiary/aromatic N) is 1. The Bertz CT molecular complexity index is 692. The van der Waals surface area contributed by atoms with E-state index in [1.807, 2.05) is 37.3 Å². The Labute approximate surface area is 118 Å². The van der Waals surface area contributed by atoms with Gasteiger partial charge in [0, 0.05) is 0 Å². The first-order chi connectivity index (χ1) is 9.65. The first-order valence-corrected chi connectivity index (χ1v) is 6.82. The number of hydrogen-bond acceptors (Lipinski definition) is 2. The second-order valence-corrected chi connectivity index (χ2v) is 5.12. The van der Waals surface area contributed by atoms with Crippen LogP contribution in [0.4, 0.5) is 0 Å². The first kappa shape index (κ1) is 12.7. The number of imidazole rings is 1. The van der Waals surface area contributed by atoms with Crippen LogP contribution in [-0.2, 0) is 0 Å². The fourth-order valence-electron chi connectivity index (χ4n) is 2.38. The lowest BCUT2D eigenvalue weighted by molar-refractivity contribution is 0.215. The molecule has 0 saturated heterocycles. The molecule has 3 nitrogen and oxygen atoms in total. The van der Waals surface area contributed by atoms with Gasteiger partial charge in [-0.25, -0.2) is 4.98 Å². The van der Waals surface area contributed by atoms with Crippen LogP contribution < -0.4 is 4.74 Å². The summed E-state index contributed by atoms with van der Waals surface area (Å²) in [4.78, 5) is 7.91. The minimum absolute atomic E-state index is 0.109. The normalized spacial score (nSPS) is 12.6. The maximum atomic E-state index is 6.10. The van der Waals surface area contributed by atoms with Gasteiger partial charge in [0.1, 0.15) is 11.6 Å². The summed E-state index contributed by atoms with van der Waals surface area (Å²) in [6, 6.07) is 14.2. The van der Waals surface area contributed by atoms with Gasteiger partial charge in [-0.2, -0.15) is 0 Å². The second kappa shape index (κ2) is 5.00. The first-order valence-electron chi connectivity index (χ1n) is 6.82. The van der Waals surface area contributed by atoms with Crippen LogP contribution in [0.3, 0.4) is 0 Å². The molecule has 1 heterocycles. The van der Waals surface area contributed by atoms with E-state index in [4.69, 9.17) is 4.74 Å². The van der Waals surface area contributed by atoms with E-state index in [2.05, 4.69) is 35.9 Å². The van der Waals surface area contributed by atoms with Crippen LogP contribution in [0.1, 0.15) is 30.0 Å². The van der Waals surface area contributed by atoms with E-state index in [0.717, 1.165) is 33.7 Å². The Morgan fingerprint density at radius 2 is 1.70 bits per heavy atom. The van der Waals surface area contributed by atoms with E-state index in [0.29, 0.717) is 0 Å². The lowest BCUT2D eigenvalue weighted by Gasteiger charge is -2.16. The SMILES string of the molecule is Cc1cccc(C)c1OC(C)c1nc2ccccc2[nH]1. The van der Waals surface area contributed by atoms with Crippen LogP contribution >= 0.6 is 0 Å². The number of benzene rings is 2. The zero-order valence-electron chi connectivity index (χ0n) is 12.0. The molecular formula is C17H18N2O. The van der Waals surface area contributed by atoms with Crippen molar-refractivity contribution in [3.63, 3.8) is 0 Å². The third-order valence-electron chi connectivity index (χ3n) is 3.50. The molecule has 0 aliphatic heterocycles. The Hall–Kier alpha value is -2.29. The summed E-state index contributed by atoms with van der Waals surface area (Å²) in [5.41, 5.74) is 4.31. The largest absolute Gasteiger partial charge is 0.482 e. The van der Waals surface area contributed by atoms with Crippen molar-refractivity contribution in [2.24, 2.45) is 0 Å². The van der Waals surface area contributed by atoms with Gasteiger partial charge in [0.05, 0.1) is 11.0 Å². The summed E-state index contributed by atoms with van der Waals surface area (Å²) in [6.45, 7) is 6.14. The van der Waals surface area contributed by atoms with E-state index in [9.17, 15) is 0 Å². The van der Waals surface area contributed by atoms with Gasteiger partial charge < -0.3 is 9.72 Å². The summed E-state index contributed by atoms with van der Waals surface area (Å²) < 4.78 is 6.10. The van der Waals surface area contributed by atoms with Crippen molar-refractivity contribution in [3.8, 4) is 5.75 Å². The Morgan fingerprint density at radius 1 is 1.00 bits per heavy atom. The lowest BCUT2D eigenvalue weighted by Crippen LogP contribution is -2.07. The zero-order chi connectivity index (χ0) is 14.1. The maximum Gasteiger partial charge on any atom is 0.153 e. The van der Waals surface area contributed by atoms with Crippen molar-refractivity contribution in [2.75, 3.05) is 0 Å². The van der Waals surface area contributed by atoms with Crippen LogP contribution in [0.5, 0.6) is 5.75 Å². The second-order valence-electron chi connectivity index (χ2n) is 5.12. The number of aromatic amines is 1. The van der Waals surface area contributed by atoms with E-state index in [1.165, 1.54) is 0 Å². The number of nitrogens with one attached hydrogen (secondary N) is 1. The smallest absolute Gasteiger partial charge is 0.153 e. The van der Waals surface area contributed by atoms with Gasteiger partial charge in [-0.1, -0.05) is 30.3 Å². The molecule has 3 rings (SSSR count). The van der Waals surface area contributed by atoms with Crippen molar-refractivity contribution in [1.82, 2.24) is 9.97 Å². The van der Waals surface area contributed by atoms with E-state index in [1.54, 1.807) is 0 Å². The summed E-state index contributed by atoms with van der Waals surface area (Å²) in [7, 11) is 0. The van der Waals surface area contributed by atoms with Crippen molar-refractivity contribution in [3.05, 3.63) is 59.4 Å². The van der Waals surface area contributed by atoms with Gasteiger partial charge in [0.25, 0.3) is 0 Å². The molecule has 3 aromatic rings. The topological polar surface area (TPSA) is 37.9 Å². The molecule has 0 radical (unpaired) electrons. The van der Waals surface area contributed by atoms with Crippen LogP contribution in [-0.4, -0.2) is 9.97 Å². The van der Waals surface area contributed by atoms with Gasteiger partial charge in [-0.05, 0) is 44.0 Å². The molecule has 1 aromatic heterocycles. The van der Waals surface area contributed by atoms with E-state index < -0.39 is 0 Å². The highest BCUT2D eigenvalue weighted by Crippen LogP contribution is 2.28. The number of para-hydroxylation sites is 3. The highest BCUT2D eigenvalue weighted by atomic mass is 16.5. The summed E-state index contributed by atoms with van der Waals surface area (Å²) in [5.74, 6) is 1.80. The molecule has 3 heteroatoms. The monoisotopic (exact) mass is 266 g/mol. The van der Waals surface area contributed by atoms with Crippen molar-refractivity contribution < 1.29 is 4.74 Å². The Morgan fingerprint density at radius 3 is 2.40 bits per heavy atom. The molecule has 0 saturated carbocycles. The Balaban J connectivity index is 1.91. The van der Waals surface area contributed by atoms with Gasteiger partial charge in [-0.15, -0.1) is 0 Å². The van der Waals surface area contributed by atoms with Gasteiger partial charge >= 0.3 is 0 Å². The van der Waals surface area contributed by atoms with Crippen molar-refractivity contribution >= 4 is 11.0 Å². The molecule has 1 unspecified atom stereocenters.